The summed E-state index contributed by atoms with van der Waals surface area (Å²) in [7, 11) is 0. The van der Waals surface area contributed by atoms with Gasteiger partial charge < -0.3 is 4.42 Å². The van der Waals surface area contributed by atoms with Crippen LogP contribution in [0.3, 0.4) is 0 Å². The van der Waals surface area contributed by atoms with Crippen LogP contribution in [0.15, 0.2) is 45.6 Å². The molecule has 0 saturated heterocycles. The minimum Gasteiger partial charge on any atom is -0.453 e. The molecular weight excluding hydrogens is 290 g/mol. The molecule has 2 N–H and O–H groups in total. The summed E-state index contributed by atoms with van der Waals surface area (Å²) in [5, 5.41) is 6.53. The second-order valence-electron chi connectivity index (χ2n) is 4.22. The number of hydrogen-bond donors (Lipinski definition) is 2. The van der Waals surface area contributed by atoms with Crippen LogP contribution in [0.25, 0.3) is 22.6 Å². The van der Waals surface area contributed by atoms with Crippen LogP contribution in [-0.2, 0) is 0 Å². The van der Waals surface area contributed by atoms with Gasteiger partial charge in [-0.3, -0.25) is 19.7 Å². The first kappa shape index (κ1) is 13.2. The molecule has 6 nitrogen and oxygen atoms in total. The number of nitrogens with one attached hydrogen (secondary N) is 2. The topological polar surface area (TPSA) is 91.8 Å². The third-order valence-corrected chi connectivity index (χ3v) is 3.10. The van der Waals surface area contributed by atoms with Gasteiger partial charge in [-0.1, -0.05) is 24.3 Å². The van der Waals surface area contributed by atoms with Crippen LogP contribution in [-0.4, -0.2) is 21.5 Å². The lowest BCUT2D eigenvalue weighted by molar-refractivity contribution is 0.110. The van der Waals surface area contributed by atoms with E-state index in [9.17, 15) is 9.59 Å². The number of benzene rings is 1. The van der Waals surface area contributed by atoms with Gasteiger partial charge >= 0.3 is 0 Å². The first-order valence-corrected chi connectivity index (χ1v) is 6.43. The van der Waals surface area contributed by atoms with E-state index in [1.807, 2.05) is 0 Å². The van der Waals surface area contributed by atoms with E-state index in [0.717, 1.165) is 0 Å². The van der Waals surface area contributed by atoms with Crippen molar-refractivity contribution >= 4 is 18.5 Å². The summed E-state index contributed by atoms with van der Waals surface area (Å²) in [5.41, 5.74) is 1.04. The van der Waals surface area contributed by atoms with Gasteiger partial charge in [0.25, 0.3) is 5.56 Å². The maximum absolute atomic E-state index is 12.0. The van der Waals surface area contributed by atoms with Crippen molar-refractivity contribution in [3.63, 3.8) is 0 Å². The SMILES string of the molecule is O=Cc1ccc(-c2ccccc2-c2n[nH]c(=S)[nH]c2=O)o1. The summed E-state index contributed by atoms with van der Waals surface area (Å²) < 4.78 is 5.56. The Bertz CT molecular complexity index is 923. The van der Waals surface area contributed by atoms with Gasteiger partial charge in [-0.2, -0.15) is 5.10 Å². The van der Waals surface area contributed by atoms with E-state index in [-0.39, 0.29) is 16.2 Å². The predicted molar refractivity (Wildman–Crippen MR) is 78.6 cm³/mol. The molecule has 7 heteroatoms. The van der Waals surface area contributed by atoms with E-state index in [4.69, 9.17) is 16.6 Å². The van der Waals surface area contributed by atoms with Gasteiger partial charge in [-0.15, -0.1) is 0 Å². The molecule has 0 radical (unpaired) electrons. The highest BCUT2D eigenvalue weighted by molar-refractivity contribution is 7.71. The molecule has 2 heterocycles. The third kappa shape index (κ3) is 2.46. The van der Waals surface area contributed by atoms with Crippen molar-refractivity contribution in [2.24, 2.45) is 0 Å². The molecule has 3 rings (SSSR count). The Kier molecular flexibility index (Phi) is 3.33. The lowest BCUT2D eigenvalue weighted by Gasteiger charge is -2.05. The van der Waals surface area contributed by atoms with E-state index < -0.39 is 5.56 Å². The molecule has 0 aliphatic rings. The van der Waals surface area contributed by atoms with Crippen LogP contribution >= 0.6 is 12.2 Å². The lowest BCUT2D eigenvalue weighted by Crippen LogP contribution is -2.13. The maximum Gasteiger partial charge on any atom is 0.278 e. The number of carbonyl (C=O) groups is 1. The fourth-order valence-corrected chi connectivity index (χ4v) is 2.13. The number of rotatable bonds is 3. The zero-order valence-electron chi connectivity index (χ0n) is 10.6. The number of furan rings is 1. The summed E-state index contributed by atoms with van der Waals surface area (Å²) in [5.74, 6) is 0.700. The molecule has 0 saturated carbocycles. The van der Waals surface area contributed by atoms with Crippen LogP contribution in [0.4, 0.5) is 0 Å². The number of carbonyl (C=O) groups excluding carboxylic acids is 1. The van der Waals surface area contributed by atoms with Crippen LogP contribution in [0, 0.1) is 4.77 Å². The van der Waals surface area contributed by atoms with Gasteiger partial charge in [0.05, 0.1) is 0 Å². The maximum atomic E-state index is 12.0. The second-order valence-corrected chi connectivity index (χ2v) is 4.63. The largest absolute Gasteiger partial charge is 0.453 e. The normalized spacial score (nSPS) is 10.5. The summed E-state index contributed by atoms with van der Waals surface area (Å²) in [6.07, 6.45) is 0.622. The van der Waals surface area contributed by atoms with Gasteiger partial charge in [0, 0.05) is 11.1 Å². The highest BCUT2D eigenvalue weighted by atomic mass is 32.1. The van der Waals surface area contributed by atoms with E-state index in [0.29, 0.717) is 23.2 Å². The Balaban J connectivity index is 2.22. The fourth-order valence-electron chi connectivity index (χ4n) is 2.00. The smallest absolute Gasteiger partial charge is 0.278 e. The highest BCUT2D eigenvalue weighted by Crippen LogP contribution is 2.30. The molecule has 2 aromatic heterocycles. The third-order valence-electron chi connectivity index (χ3n) is 2.90. The van der Waals surface area contributed by atoms with Crippen molar-refractivity contribution in [2.75, 3.05) is 0 Å². The number of aldehydes is 1. The summed E-state index contributed by atoms with van der Waals surface area (Å²) in [4.78, 5) is 25.2. The molecule has 0 fully saturated rings. The Morgan fingerprint density at radius 2 is 1.90 bits per heavy atom. The Morgan fingerprint density at radius 3 is 2.57 bits per heavy atom. The average molecular weight is 299 g/mol. The summed E-state index contributed by atoms with van der Waals surface area (Å²) in [6.45, 7) is 0. The zero-order valence-corrected chi connectivity index (χ0v) is 11.4. The molecule has 0 amide bonds. The van der Waals surface area contributed by atoms with E-state index in [1.54, 1.807) is 36.4 Å². The molecule has 0 spiro atoms. The van der Waals surface area contributed by atoms with Gasteiger partial charge in [-0.05, 0) is 24.4 Å². The van der Waals surface area contributed by atoms with Gasteiger partial charge in [-0.25, -0.2) is 0 Å². The van der Waals surface area contributed by atoms with Crippen molar-refractivity contribution in [1.29, 1.82) is 0 Å². The van der Waals surface area contributed by atoms with E-state index >= 15 is 0 Å². The highest BCUT2D eigenvalue weighted by Gasteiger charge is 2.14. The Labute approximate surface area is 123 Å². The second kappa shape index (κ2) is 5.29. The quantitative estimate of drug-likeness (QED) is 0.573. The summed E-state index contributed by atoms with van der Waals surface area (Å²) >= 11 is 4.82. The molecule has 104 valence electrons. The molecule has 0 unspecified atom stereocenters. The predicted octanol–water partition coefficient (Wildman–Crippen LogP) is 2.57. The first-order chi connectivity index (χ1) is 10.2. The average Bonchev–Trinajstić information content (AvgIpc) is 2.96. The molecule has 1 aromatic carbocycles. The minimum atomic E-state index is -0.395. The van der Waals surface area contributed by atoms with Crippen LogP contribution in [0.1, 0.15) is 10.6 Å². The monoisotopic (exact) mass is 299 g/mol. The van der Waals surface area contributed by atoms with Crippen molar-refractivity contribution in [3.05, 3.63) is 57.3 Å². The molecule has 0 atom stereocenters. The van der Waals surface area contributed by atoms with Gasteiger partial charge in [0.15, 0.2) is 22.5 Å². The van der Waals surface area contributed by atoms with Crippen molar-refractivity contribution in [3.8, 4) is 22.6 Å². The number of aromatic nitrogens is 3. The zero-order chi connectivity index (χ0) is 14.8. The van der Waals surface area contributed by atoms with Crippen molar-refractivity contribution < 1.29 is 9.21 Å². The molecule has 0 bridgehead atoms. The minimum absolute atomic E-state index is 0.155. The van der Waals surface area contributed by atoms with E-state index in [2.05, 4.69) is 15.2 Å². The van der Waals surface area contributed by atoms with Crippen LogP contribution < -0.4 is 5.56 Å². The number of aromatic amines is 2. The lowest BCUT2D eigenvalue weighted by atomic mass is 10.0. The van der Waals surface area contributed by atoms with Gasteiger partial charge in [0.2, 0.25) is 0 Å². The Hall–Kier alpha value is -2.80. The number of nitrogens with zero attached hydrogens (tertiary/aromatic N) is 1. The van der Waals surface area contributed by atoms with Crippen LogP contribution in [0.2, 0.25) is 0 Å². The number of H-pyrrole nitrogens is 2. The molecule has 21 heavy (non-hydrogen) atoms. The first-order valence-electron chi connectivity index (χ1n) is 6.03. The van der Waals surface area contributed by atoms with Crippen molar-refractivity contribution in [1.82, 2.24) is 15.2 Å². The van der Waals surface area contributed by atoms with Gasteiger partial charge in [0.1, 0.15) is 5.76 Å². The fraction of sp³-hybridized carbons (Fsp3) is 0. The molecule has 0 aliphatic carbocycles. The molecule has 0 aliphatic heterocycles. The molecular formula is C14H9N3O3S. The molecule has 3 aromatic rings. The Morgan fingerprint density at radius 1 is 1.14 bits per heavy atom. The summed E-state index contributed by atoms with van der Waals surface area (Å²) in [6, 6.07) is 10.3. The van der Waals surface area contributed by atoms with Crippen LogP contribution in [0.5, 0.6) is 0 Å². The van der Waals surface area contributed by atoms with E-state index in [1.165, 1.54) is 0 Å². The number of hydrogen-bond acceptors (Lipinski definition) is 5. The van der Waals surface area contributed by atoms with Crippen molar-refractivity contribution in [2.45, 2.75) is 0 Å². The standard InChI is InChI=1S/C14H9N3O3S/c18-7-8-5-6-11(20-8)9-3-1-2-4-10(9)12-13(19)15-14(21)17-16-12/h1-7H,(H2,15,17,19,21).